The summed E-state index contributed by atoms with van der Waals surface area (Å²) in [5.74, 6) is 3.96. The van der Waals surface area contributed by atoms with Crippen molar-refractivity contribution in [3.05, 3.63) is 0 Å². The molecule has 19 heavy (non-hydrogen) atoms. The summed E-state index contributed by atoms with van der Waals surface area (Å²) in [7, 11) is 2.28. The second-order valence-electron chi connectivity index (χ2n) is 7.75. The number of rotatable bonds is 4. The lowest BCUT2D eigenvalue weighted by Gasteiger charge is -2.37. The normalized spacial score (nSPS) is 42.5. The molecule has 1 saturated heterocycles. The fraction of sp³-hybridized carbons (Fsp3) is 1.00. The SMILES string of the molecule is CC(NC(C)C1CC2CCC1C2)C1CCCN(C)C1. The van der Waals surface area contributed by atoms with Gasteiger partial charge in [-0.1, -0.05) is 6.42 Å². The Morgan fingerprint density at radius 1 is 1.05 bits per heavy atom. The first kappa shape index (κ1) is 13.9. The highest BCUT2D eigenvalue weighted by Gasteiger charge is 2.42. The standard InChI is InChI=1S/C17H32N2/c1-12(16-5-4-8-19(3)11-16)18-13(2)17-10-14-6-7-15(17)9-14/h12-18H,4-11H2,1-3H3. The van der Waals surface area contributed by atoms with E-state index in [1.54, 1.807) is 0 Å². The maximum absolute atomic E-state index is 3.97. The highest BCUT2D eigenvalue weighted by atomic mass is 15.1. The first-order valence-corrected chi connectivity index (χ1v) is 8.58. The molecular formula is C17H32N2. The molecule has 1 aliphatic heterocycles. The summed E-state index contributed by atoms with van der Waals surface area (Å²) in [5.41, 5.74) is 0. The van der Waals surface area contributed by atoms with E-state index >= 15 is 0 Å². The second-order valence-corrected chi connectivity index (χ2v) is 7.75. The van der Waals surface area contributed by atoms with Crippen LogP contribution in [0.2, 0.25) is 0 Å². The molecule has 0 amide bonds. The Labute approximate surface area is 119 Å². The van der Waals surface area contributed by atoms with Crippen LogP contribution in [0.25, 0.3) is 0 Å². The molecule has 3 rings (SSSR count). The number of hydrogen-bond donors (Lipinski definition) is 1. The number of fused-ring (bicyclic) bond motifs is 2. The molecule has 0 aromatic heterocycles. The number of likely N-dealkylation sites (tertiary alicyclic amines) is 1. The van der Waals surface area contributed by atoms with Crippen LogP contribution >= 0.6 is 0 Å². The van der Waals surface area contributed by atoms with Crippen molar-refractivity contribution >= 4 is 0 Å². The van der Waals surface area contributed by atoms with E-state index in [1.807, 2.05) is 0 Å². The maximum Gasteiger partial charge on any atom is 0.00818 e. The van der Waals surface area contributed by atoms with Crippen LogP contribution in [0.15, 0.2) is 0 Å². The Morgan fingerprint density at radius 2 is 1.89 bits per heavy atom. The third-order valence-electron chi connectivity index (χ3n) is 6.33. The molecule has 2 heteroatoms. The van der Waals surface area contributed by atoms with Crippen molar-refractivity contribution in [2.24, 2.45) is 23.7 Å². The van der Waals surface area contributed by atoms with E-state index in [0.717, 1.165) is 29.7 Å². The van der Waals surface area contributed by atoms with Gasteiger partial charge in [0.05, 0.1) is 0 Å². The van der Waals surface area contributed by atoms with E-state index in [0.29, 0.717) is 6.04 Å². The molecule has 0 spiro atoms. The Morgan fingerprint density at radius 3 is 2.53 bits per heavy atom. The van der Waals surface area contributed by atoms with Crippen LogP contribution in [0, 0.1) is 23.7 Å². The summed E-state index contributed by atoms with van der Waals surface area (Å²) < 4.78 is 0. The van der Waals surface area contributed by atoms with Crippen molar-refractivity contribution in [1.29, 1.82) is 0 Å². The van der Waals surface area contributed by atoms with Gasteiger partial charge in [-0.15, -0.1) is 0 Å². The lowest BCUT2D eigenvalue weighted by molar-refractivity contribution is 0.158. The van der Waals surface area contributed by atoms with Gasteiger partial charge in [0.1, 0.15) is 0 Å². The molecular weight excluding hydrogens is 232 g/mol. The first-order chi connectivity index (χ1) is 9.13. The second kappa shape index (κ2) is 5.73. The highest BCUT2D eigenvalue weighted by Crippen LogP contribution is 2.49. The molecule has 2 bridgehead atoms. The number of piperidine rings is 1. The molecule has 2 saturated carbocycles. The smallest absolute Gasteiger partial charge is 0.00818 e. The summed E-state index contributed by atoms with van der Waals surface area (Å²) in [5, 5.41) is 3.97. The van der Waals surface area contributed by atoms with Crippen molar-refractivity contribution in [2.75, 3.05) is 20.1 Å². The van der Waals surface area contributed by atoms with Crippen molar-refractivity contribution in [3.8, 4) is 0 Å². The minimum absolute atomic E-state index is 0.692. The van der Waals surface area contributed by atoms with Gasteiger partial charge in [0, 0.05) is 18.6 Å². The van der Waals surface area contributed by atoms with Crippen LogP contribution in [0.3, 0.4) is 0 Å². The van der Waals surface area contributed by atoms with E-state index in [4.69, 9.17) is 0 Å². The third kappa shape index (κ3) is 3.00. The van der Waals surface area contributed by atoms with E-state index in [2.05, 4.69) is 31.1 Å². The maximum atomic E-state index is 3.97. The molecule has 1 N–H and O–H groups in total. The monoisotopic (exact) mass is 264 g/mol. The zero-order valence-electron chi connectivity index (χ0n) is 13.1. The van der Waals surface area contributed by atoms with Gasteiger partial charge >= 0.3 is 0 Å². The zero-order valence-corrected chi connectivity index (χ0v) is 13.1. The third-order valence-corrected chi connectivity index (χ3v) is 6.33. The van der Waals surface area contributed by atoms with Gasteiger partial charge in [0.25, 0.3) is 0 Å². The average molecular weight is 264 g/mol. The van der Waals surface area contributed by atoms with Gasteiger partial charge in [-0.2, -0.15) is 0 Å². The fourth-order valence-corrected chi connectivity index (χ4v) is 5.20. The van der Waals surface area contributed by atoms with Crippen LogP contribution in [0.5, 0.6) is 0 Å². The Hall–Kier alpha value is -0.0800. The molecule has 3 aliphatic rings. The van der Waals surface area contributed by atoms with Gasteiger partial charge in [-0.05, 0) is 83.2 Å². The van der Waals surface area contributed by atoms with Crippen molar-refractivity contribution in [1.82, 2.24) is 10.2 Å². The van der Waals surface area contributed by atoms with E-state index in [9.17, 15) is 0 Å². The van der Waals surface area contributed by atoms with Gasteiger partial charge in [0.15, 0.2) is 0 Å². The lowest BCUT2D eigenvalue weighted by Crippen LogP contribution is -2.48. The van der Waals surface area contributed by atoms with Crippen LogP contribution in [0.1, 0.15) is 52.4 Å². The Kier molecular flexibility index (Phi) is 4.19. The van der Waals surface area contributed by atoms with Crippen molar-refractivity contribution in [3.63, 3.8) is 0 Å². The van der Waals surface area contributed by atoms with Crippen LogP contribution in [-0.2, 0) is 0 Å². The molecule has 0 aromatic carbocycles. The molecule has 3 fully saturated rings. The zero-order chi connectivity index (χ0) is 13.4. The van der Waals surface area contributed by atoms with Gasteiger partial charge < -0.3 is 10.2 Å². The first-order valence-electron chi connectivity index (χ1n) is 8.58. The molecule has 110 valence electrons. The topological polar surface area (TPSA) is 15.3 Å². The molecule has 6 unspecified atom stereocenters. The van der Waals surface area contributed by atoms with Gasteiger partial charge in [0.2, 0.25) is 0 Å². The summed E-state index contributed by atoms with van der Waals surface area (Å²) in [6, 6.07) is 1.43. The predicted molar refractivity (Wildman–Crippen MR) is 81.2 cm³/mol. The predicted octanol–water partition coefficient (Wildman–Crippen LogP) is 3.13. The molecule has 0 aromatic rings. The number of nitrogens with one attached hydrogen (secondary N) is 1. The summed E-state index contributed by atoms with van der Waals surface area (Å²) in [6.45, 7) is 7.46. The minimum atomic E-state index is 0.692. The lowest BCUT2D eigenvalue weighted by atomic mass is 9.83. The van der Waals surface area contributed by atoms with Crippen LogP contribution in [0.4, 0.5) is 0 Å². The quantitative estimate of drug-likeness (QED) is 0.839. The van der Waals surface area contributed by atoms with Gasteiger partial charge in [-0.25, -0.2) is 0 Å². The van der Waals surface area contributed by atoms with Crippen molar-refractivity contribution in [2.45, 2.75) is 64.5 Å². The fourth-order valence-electron chi connectivity index (χ4n) is 5.20. The largest absolute Gasteiger partial charge is 0.311 e. The van der Waals surface area contributed by atoms with Crippen molar-refractivity contribution < 1.29 is 0 Å². The van der Waals surface area contributed by atoms with E-state index in [-0.39, 0.29) is 0 Å². The molecule has 2 aliphatic carbocycles. The number of hydrogen-bond acceptors (Lipinski definition) is 2. The van der Waals surface area contributed by atoms with Crippen LogP contribution < -0.4 is 5.32 Å². The average Bonchev–Trinajstić information content (AvgIpc) is 3.00. The van der Waals surface area contributed by atoms with E-state index in [1.165, 1.54) is 51.6 Å². The summed E-state index contributed by atoms with van der Waals surface area (Å²) in [6.07, 6.45) is 8.89. The highest BCUT2D eigenvalue weighted by molar-refractivity contribution is 4.95. The summed E-state index contributed by atoms with van der Waals surface area (Å²) in [4.78, 5) is 2.51. The molecule has 1 heterocycles. The molecule has 2 nitrogen and oxygen atoms in total. The summed E-state index contributed by atoms with van der Waals surface area (Å²) >= 11 is 0. The van der Waals surface area contributed by atoms with Gasteiger partial charge in [-0.3, -0.25) is 0 Å². The Balaban J connectivity index is 1.50. The van der Waals surface area contributed by atoms with Crippen LogP contribution in [-0.4, -0.2) is 37.1 Å². The molecule has 6 atom stereocenters. The Bertz CT molecular complexity index is 304. The molecule has 0 radical (unpaired) electrons. The van der Waals surface area contributed by atoms with E-state index < -0.39 is 0 Å². The number of nitrogens with zero attached hydrogens (tertiary/aromatic N) is 1. The minimum Gasteiger partial charge on any atom is -0.311 e.